The molecule has 2 aromatic rings. The third-order valence-corrected chi connectivity index (χ3v) is 4.38. The lowest BCUT2D eigenvalue weighted by Crippen LogP contribution is -2.35. The largest absolute Gasteiger partial charge is 0.340 e. The van der Waals surface area contributed by atoms with Crippen LogP contribution in [0.5, 0.6) is 0 Å². The molecule has 1 atom stereocenters. The number of nitrogens with zero attached hydrogens (tertiary/aromatic N) is 4. The molecule has 0 unspecified atom stereocenters. The highest BCUT2D eigenvalue weighted by molar-refractivity contribution is 8.00. The Morgan fingerprint density at radius 3 is 2.83 bits per heavy atom. The molecule has 128 valence electrons. The summed E-state index contributed by atoms with van der Waals surface area (Å²) in [6.45, 7) is 3.46. The summed E-state index contributed by atoms with van der Waals surface area (Å²) in [5.74, 6) is 5.12. The lowest BCUT2D eigenvalue weighted by Gasteiger charge is -2.21. The maximum absolute atomic E-state index is 13.2. The summed E-state index contributed by atoms with van der Waals surface area (Å²) in [7, 11) is 1.63. The van der Waals surface area contributed by atoms with Crippen LogP contribution in [0.3, 0.4) is 0 Å². The number of nitrogens with two attached hydrogens (primary N) is 1. The average Bonchev–Trinajstić information content (AvgIpc) is 2.54. The second kappa shape index (κ2) is 7.43. The fourth-order valence-electron chi connectivity index (χ4n) is 2.06. The monoisotopic (exact) mass is 351 g/mol. The van der Waals surface area contributed by atoms with Crippen molar-refractivity contribution in [2.45, 2.75) is 30.8 Å². The predicted octanol–water partition coefficient (Wildman–Crippen LogP) is 0.939. The van der Waals surface area contributed by atoms with Crippen molar-refractivity contribution in [1.82, 2.24) is 19.8 Å². The maximum atomic E-state index is 13.2. The number of benzene rings is 1. The van der Waals surface area contributed by atoms with Crippen LogP contribution in [-0.2, 0) is 11.3 Å². The molecule has 2 rings (SSSR count). The van der Waals surface area contributed by atoms with Gasteiger partial charge in [0, 0.05) is 13.6 Å². The van der Waals surface area contributed by atoms with E-state index in [4.69, 9.17) is 5.84 Å². The summed E-state index contributed by atoms with van der Waals surface area (Å²) in [5.41, 5.74) is 0.415. The number of rotatable bonds is 5. The van der Waals surface area contributed by atoms with E-state index in [0.29, 0.717) is 5.56 Å². The van der Waals surface area contributed by atoms with Crippen molar-refractivity contribution in [3.05, 3.63) is 51.7 Å². The van der Waals surface area contributed by atoms with Gasteiger partial charge >= 0.3 is 0 Å². The molecular formula is C15H18FN5O2S. The second-order valence-electron chi connectivity index (χ2n) is 5.33. The highest BCUT2D eigenvalue weighted by Crippen LogP contribution is 2.20. The number of halogens is 1. The summed E-state index contributed by atoms with van der Waals surface area (Å²) >= 11 is 1.04. The molecule has 0 saturated carbocycles. The van der Waals surface area contributed by atoms with Gasteiger partial charge in [-0.2, -0.15) is 4.68 Å². The van der Waals surface area contributed by atoms with Crippen molar-refractivity contribution in [3.8, 4) is 0 Å². The molecule has 0 fully saturated rings. The van der Waals surface area contributed by atoms with Crippen LogP contribution in [0.4, 0.5) is 4.39 Å². The van der Waals surface area contributed by atoms with Crippen molar-refractivity contribution < 1.29 is 9.18 Å². The fourth-order valence-corrected chi connectivity index (χ4v) is 2.94. The van der Waals surface area contributed by atoms with E-state index in [0.717, 1.165) is 16.4 Å². The summed E-state index contributed by atoms with van der Waals surface area (Å²) in [5, 5.41) is 7.20. The number of nitrogen functional groups attached to an aromatic ring is 1. The lowest BCUT2D eigenvalue weighted by molar-refractivity contribution is -0.129. The van der Waals surface area contributed by atoms with Crippen molar-refractivity contribution in [1.29, 1.82) is 0 Å². The van der Waals surface area contributed by atoms with E-state index in [1.54, 1.807) is 26.1 Å². The van der Waals surface area contributed by atoms with Gasteiger partial charge in [-0.3, -0.25) is 9.59 Å². The van der Waals surface area contributed by atoms with Gasteiger partial charge in [0.1, 0.15) is 11.5 Å². The molecule has 0 aliphatic heterocycles. The number of aryl methyl sites for hydroxylation is 1. The van der Waals surface area contributed by atoms with Crippen LogP contribution in [0.25, 0.3) is 0 Å². The minimum Gasteiger partial charge on any atom is -0.340 e. The first-order chi connectivity index (χ1) is 11.3. The predicted molar refractivity (Wildman–Crippen MR) is 89.4 cm³/mol. The Morgan fingerprint density at radius 1 is 1.46 bits per heavy atom. The third-order valence-electron chi connectivity index (χ3n) is 3.33. The summed E-state index contributed by atoms with van der Waals surface area (Å²) < 4.78 is 14.1. The van der Waals surface area contributed by atoms with Crippen molar-refractivity contribution in [3.63, 3.8) is 0 Å². The SMILES string of the molecule is Cc1nnc(S[C@@H](C)C(=O)N(C)Cc2cccc(F)c2)n(N)c1=O. The molecule has 0 bridgehead atoms. The van der Waals surface area contributed by atoms with E-state index >= 15 is 0 Å². The molecule has 0 radical (unpaired) electrons. The molecule has 0 saturated heterocycles. The molecule has 0 aliphatic rings. The molecule has 1 amide bonds. The first-order valence-corrected chi connectivity index (χ1v) is 8.05. The van der Waals surface area contributed by atoms with Crippen LogP contribution in [0.15, 0.2) is 34.2 Å². The Kier molecular flexibility index (Phi) is 5.55. The van der Waals surface area contributed by atoms with Crippen molar-refractivity contribution >= 4 is 17.7 Å². The molecule has 0 spiro atoms. The zero-order valence-electron chi connectivity index (χ0n) is 13.6. The molecular weight excluding hydrogens is 333 g/mol. The van der Waals surface area contributed by atoms with Crippen LogP contribution < -0.4 is 11.4 Å². The number of carbonyl (C=O) groups is 1. The smallest absolute Gasteiger partial charge is 0.294 e. The van der Waals surface area contributed by atoms with E-state index in [1.807, 2.05) is 0 Å². The molecule has 24 heavy (non-hydrogen) atoms. The number of thioether (sulfide) groups is 1. The van der Waals surface area contributed by atoms with E-state index in [1.165, 1.54) is 24.0 Å². The molecule has 9 heteroatoms. The Morgan fingerprint density at radius 2 is 2.17 bits per heavy atom. The third kappa shape index (κ3) is 4.10. The Hall–Kier alpha value is -2.42. The minimum absolute atomic E-state index is 0.158. The Bertz CT molecular complexity index is 811. The normalized spacial score (nSPS) is 12.0. The second-order valence-corrected chi connectivity index (χ2v) is 6.64. The quantitative estimate of drug-likeness (QED) is 0.636. The zero-order chi connectivity index (χ0) is 17.9. The standard InChI is InChI=1S/C15H18FN5O2S/c1-9-13(22)21(17)15(19-18-9)24-10(2)14(23)20(3)8-11-5-4-6-12(16)7-11/h4-7,10H,8,17H2,1-3H3/t10-/m0/s1. The van der Waals surface area contributed by atoms with Crippen LogP contribution in [-0.4, -0.2) is 38.0 Å². The number of aromatic nitrogens is 3. The highest BCUT2D eigenvalue weighted by atomic mass is 32.2. The van der Waals surface area contributed by atoms with E-state index in [9.17, 15) is 14.0 Å². The fraction of sp³-hybridized carbons (Fsp3) is 0.333. The molecule has 0 aliphatic carbocycles. The van der Waals surface area contributed by atoms with E-state index < -0.39 is 10.8 Å². The van der Waals surface area contributed by atoms with Crippen LogP contribution in [0.1, 0.15) is 18.2 Å². The zero-order valence-corrected chi connectivity index (χ0v) is 14.4. The van der Waals surface area contributed by atoms with E-state index in [-0.39, 0.29) is 29.1 Å². The van der Waals surface area contributed by atoms with Gasteiger partial charge in [0.05, 0.1) is 5.25 Å². The van der Waals surface area contributed by atoms with Crippen LogP contribution in [0.2, 0.25) is 0 Å². The first kappa shape index (κ1) is 17.9. The Labute approximate surface area is 142 Å². The first-order valence-electron chi connectivity index (χ1n) is 7.17. The maximum Gasteiger partial charge on any atom is 0.294 e. The Balaban J connectivity index is 2.06. The highest BCUT2D eigenvalue weighted by Gasteiger charge is 2.21. The number of hydrogen-bond acceptors (Lipinski definition) is 6. The summed E-state index contributed by atoms with van der Waals surface area (Å²) in [6, 6.07) is 6.06. The summed E-state index contributed by atoms with van der Waals surface area (Å²) in [6.07, 6.45) is 0. The van der Waals surface area contributed by atoms with Crippen LogP contribution >= 0.6 is 11.8 Å². The topological polar surface area (TPSA) is 94.1 Å². The molecule has 7 nitrogen and oxygen atoms in total. The van der Waals surface area contributed by atoms with Gasteiger partial charge in [0.15, 0.2) is 0 Å². The number of amides is 1. The van der Waals surface area contributed by atoms with E-state index in [2.05, 4.69) is 10.2 Å². The van der Waals surface area contributed by atoms with Gasteiger partial charge in [-0.15, -0.1) is 10.2 Å². The van der Waals surface area contributed by atoms with Gasteiger partial charge in [0.25, 0.3) is 5.56 Å². The molecule has 2 N–H and O–H groups in total. The van der Waals surface area contributed by atoms with Crippen LogP contribution in [0, 0.1) is 12.7 Å². The summed E-state index contributed by atoms with van der Waals surface area (Å²) in [4.78, 5) is 25.7. The van der Waals surface area contributed by atoms with Gasteiger partial charge in [-0.25, -0.2) is 4.39 Å². The van der Waals surface area contributed by atoms with Gasteiger partial charge in [0.2, 0.25) is 11.1 Å². The molecule has 1 aromatic heterocycles. The minimum atomic E-state index is -0.533. The van der Waals surface area contributed by atoms with Crippen molar-refractivity contribution in [2.24, 2.45) is 0 Å². The molecule has 1 aromatic carbocycles. The van der Waals surface area contributed by atoms with Gasteiger partial charge in [-0.1, -0.05) is 23.9 Å². The van der Waals surface area contributed by atoms with Crippen molar-refractivity contribution in [2.75, 3.05) is 12.9 Å². The van der Waals surface area contributed by atoms with Gasteiger partial charge < -0.3 is 10.7 Å². The number of hydrogen-bond donors (Lipinski definition) is 1. The lowest BCUT2D eigenvalue weighted by atomic mass is 10.2. The number of carbonyl (C=O) groups excluding carboxylic acids is 1. The van der Waals surface area contributed by atoms with Gasteiger partial charge in [-0.05, 0) is 31.5 Å². The molecule has 1 heterocycles. The average molecular weight is 351 g/mol.